The van der Waals surface area contributed by atoms with Crippen LogP contribution in [0.4, 0.5) is 0 Å². The van der Waals surface area contributed by atoms with Gasteiger partial charge in [-0.1, -0.05) is 18.2 Å². The number of nitrogens with zero attached hydrogens (tertiary/aromatic N) is 1. The minimum Gasteiger partial charge on any atom is -0.480 e. The SMILES string of the molecule is O=C(O)[C@H]1CN(C(=O)CCc2c[nH]c3ccccc23)CCN1. The second kappa shape index (κ2) is 6.19. The standard InChI is InChI=1S/C16H19N3O3/c20-15(19-8-7-17-14(10-19)16(21)22)6-5-11-9-18-13-4-2-1-3-12(11)13/h1-4,9,14,17-18H,5-8,10H2,(H,21,22)/t14-/m1/s1. The molecule has 0 saturated carbocycles. The molecule has 1 saturated heterocycles. The minimum absolute atomic E-state index is 0.0121. The summed E-state index contributed by atoms with van der Waals surface area (Å²) in [6, 6.07) is 7.34. The zero-order valence-corrected chi connectivity index (χ0v) is 12.2. The van der Waals surface area contributed by atoms with Gasteiger partial charge in [0.15, 0.2) is 0 Å². The van der Waals surface area contributed by atoms with Crippen LogP contribution < -0.4 is 5.32 Å². The van der Waals surface area contributed by atoms with Crippen molar-refractivity contribution in [2.45, 2.75) is 18.9 Å². The number of hydrogen-bond donors (Lipinski definition) is 3. The molecule has 2 heterocycles. The van der Waals surface area contributed by atoms with Gasteiger partial charge in [0, 0.05) is 43.2 Å². The average Bonchev–Trinajstić information content (AvgIpc) is 2.96. The summed E-state index contributed by atoms with van der Waals surface area (Å²) in [5, 5.41) is 13.1. The number of carboxylic acids is 1. The van der Waals surface area contributed by atoms with Crippen molar-refractivity contribution in [1.29, 1.82) is 0 Å². The number of hydrogen-bond acceptors (Lipinski definition) is 3. The van der Waals surface area contributed by atoms with E-state index in [1.165, 1.54) is 0 Å². The lowest BCUT2D eigenvalue weighted by molar-refractivity contribution is -0.142. The molecule has 0 spiro atoms. The zero-order chi connectivity index (χ0) is 15.5. The van der Waals surface area contributed by atoms with Gasteiger partial charge in [0.05, 0.1) is 0 Å². The number of aliphatic carboxylic acids is 1. The zero-order valence-electron chi connectivity index (χ0n) is 12.2. The molecule has 0 unspecified atom stereocenters. The molecule has 1 fully saturated rings. The van der Waals surface area contributed by atoms with Crippen LogP contribution in [0.25, 0.3) is 10.9 Å². The highest BCUT2D eigenvalue weighted by Gasteiger charge is 2.27. The lowest BCUT2D eigenvalue weighted by Gasteiger charge is -2.31. The van der Waals surface area contributed by atoms with Crippen LogP contribution in [0.2, 0.25) is 0 Å². The molecule has 116 valence electrons. The molecule has 6 nitrogen and oxygen atoms in total. The summed E-state index contributed by atoms with van der Waals surface area (Å²) in [6.45, 7) is 1.33. The first-order valence-electron chi connectivity index (χ1n) is 7.44. The summed E-state index contributed by atoms with van der Waals surface area (Å²) < 4.78 is 0. The van der Waals surface area contributed by atoms with Crippen LogP contribution in [0, 0.1) is 0 Å². The van der Waals surface area contributed by atoms with E-state index in [2.05, 4.69) is 10.3 Å². The van der Waals surface area contributed by atoms with Crippen LogP contribution in [-0.2, 0) is 16.0 Å². The van der Waals surface area contributed by atoms with Gasteiger partial charge in [-0.05, 0) is 18.1 Å². The van der Waals surface area contributed by atoms with Crippen molar-refractivity contribution in [2.24, 2.45) is 0 Å². The number of para-hydroxylation sites is 1. The quantitative estimate of drug-likeness (QED) is 0.786. The van der Waals surface area contributed by atoms with Gasteiger partial charge in [-0.15, -0.1) is 0 Å². The molecule has 1 atom stereocenters. The summed E-state index contributed by atoms with van der Waals surface area (Å²) in [6.07, 6.45) is 2.99. The normalized spacial score (nSPS) is 18.5. The highest BCUT2D eigenvalue weighted by Crippen LogP contribution is 2.19. The van der Waals surface area contributed by atoms with Gasteiger partial charge in [-0.25, -0.2) is 0 Å². The number of amides is 1. The molecular formula is C16H19N3O3. The summed E-state index contributed by atoms with van der Waals surface area (Å²) >= 11 is 0. The van der Waals surface area contributed by atoms with E-state index in [1.54, 1.807) is 4.90 Å². The molecule has 3 N–H and O–H groups in total. The number of aryl methyl sites for hydroxylation is 1. The van der Waals surface area contributed by atoms with Crippen molar-refractivity contribution in [3.8, 4) is 0 Å². The Morgan fingerprint density at radius 1 is 1.32 bits per heavy atom. The maximum Gasteiger partial charge on any atom is 0.322 e. The topological polar surface area (TPSA) is 85.4 Å². The number of aromatic amines is 1. The molecule has 6 heteroatoms. The minimum atomic E-state index is -0.908. The lowest BCUT2D eigenvalue weighted by Crippen LogP contribution is -2.55. The molecule has 1 aliphatic rings. The molecule has 3 rings (SSSR count). The summed E-state index contributed by atoms with van der Waals surface area (Å²) in [7, 11) is 0. The Kier molecular flexibility index (Phi) is 4.11. The Morgan fingerprint density at radius 3 is 2.95 bits per heavy atom. The Labute approximate surface area is 128 Å². The van der Waals surface area contributed by atoms with E-state index < -0.39 is 12.0 Å². The molecule has 0 aliphatic carbocycles. The van der Waals surface area contributed by atoms with Gasteiger partial charge in [-0.3, -0.25) is 9.59 Å². The van der Waals surface area contributed by atoms with Crippen molar-refractivity contribution >= 4 is 22.8 Å². The van der Waals surface area contributed by atoms with E-state index in [4.69, 9.17) is 5.11 Å². The van der Waals surface area contributed by atoms with Gasteiger partial charge in [0.25, 0.3) is 0 Å². The van der Waals surface area contributed by atoms with Gasteiger partial charge < -0.3 is 20.3 Å². The molecule has 0 bridgehead atoms. The van der Waals surface area contributed by atoms with E-state index in [9.17, 15) is 9.59 Å². The number of carbonyl (C=O) groups excluding carboxylic acids is 1. The molecule has 1 amide bonds. The third-order valence-corrected chi connectivity index (χ3v) is 4.11. The number of H-pyrrole nitrogens is 1. The number of rotatable bonds is 4. The summed E-state index contributed by atoms with van der Waals surface area (Å²) in [5.74, 6) is -0.896. The number of aromatic nitrogens is 1. The fraction of sp³-hybridized carbons (Fsp3) is 0.375. The largest absolute Gasteiger partial charge is 0.480 e. The number of carbonyl (C=O) groups is 2. The van der Waals surface area contributed by atoms with Gasteiger partial charge in [0.2, 0.25) is 5.91 Å². The second-order valence-electron chi connectivity index (χ2n) is 5.54. The molecule has 1 aromatic carbocycles. The van der Waals surface area contributed by atoms with Crippen LogP contribution >= 0.6 is 0 Å². The number of piperazine rings is 1. The second-order valence-corrected chi connectivity index (χ2v) is 5.54. The lowest BCUT2D eigenvalue weighted by atomic mass is 10.1. The van der Waals surface area contributed by atoms with Crippen LogP contribution in [0.3, 0.4) is 0 Å². The number of carboxylic acid groups (broad SMARTS) is 1. The Morgan fingerprint density at radius 2 is 2.14 bits per heavy atom. The van der Waals surface area contributed by atoms with Gasteiger partial charge in [0.1, 0.15) is 6.04 Å². The third-order valence-electron chi connectivity index (χ3n) is 4.11. The molecule has 0 radical (unpaired) electrons. The number of benzene rings is 1. The van der Waals surface area contributed by atoms with Gasteiger partial charge in [-0.2, -0.15) is 0 Å². The highest BCUT2D eigenvalue weighted by molar-refractivity contribution is 5.84. The molecular weight excluding hydrogens is 282 g/mol. The fourth-order valence-electron chi connectivity index (χ4n) is 2.88. The predicted molar refractivity (Wildman–Crippen MR) is 82.6 cm³/mol. The molecule has 1 aliphatic heterocycles. The molecule has 1 aromatic heterocycles. The number of nitrogens with one attached hydrogen (secondary N) is 2. The Hall–Kier alpha value is -2.34. The van der Waals surface area contributed by atoms with Crippen molar-refractivity contribution < 1.29 is 14.7 Å². The maximum atomic E-state index is 12.3. The first-order chi connectivity index (χ1) is 10.6. The predicted octanol–water partition coefficient (Wildman–Crippen LogP) is 0.985. The first kappa shape index (κ1) is 14.6. The Bertz CT molecular complexity index is 695. The van der Waals surface area contributed by atoms with E-state index >= 15 is 0 Å². The fourth-order valence-corrected chi connectivity index (χ4v) is 2.88. The monoisotopic (exact) mass is 301 g/mol. The average molecular weight is 301 g/mol. The van der Waals surface area contributed by atoms with Crippen LogP contribution in [-0.4, -0.2) is 52.5 Å². The van der Waals surface area contributed by atoms with E-state index in [0.717, 1.165) is 16.5 Å². The van der Waals surface area contributed by atoms with Crippen molar-refractivity contribution in [1.82, 2.24) is 15.2 Å². The van der Waals surface area contributed by atoms with E-state index in [1.807, 2.05) is 30.5 Å². The van der Waals surface area contributed by atoms with E-state index in [0.29, 0.717) is 25.9 Å². The van der Waals surface area contributed by atoms with Crippen molar-refractivity contribution in [3.05, 3.63) is 36.0 Å². The summed E-state index contributed by atoms with van der Waals surface area (Å²) in [4.78, 5) is 28.1. The van der Waals surface area contributed by atoms with Crippen LogP contribution in [0.1, 0.15) is 12.0 Å². The van der Waals surface area contributed by atoms with E-state index in [-0.39, 0.29) is 12.5 Å². The summed E-state index contributed by atoms with van der Waals surface area (Å²) in [5.41, 5.74) is 2.19. The smallest absolute Gasteiger partial charge is 0.322 e. The van der Waals surface area contributed by atoms with Crippen LogP contribution in [0.15, 0.2) is 30.5 Å². The first-order valence-corrected chi connectivity index (χ1v) is 7.44. The highest BCUT2D eigenvalue weighted by atomic mass is 16.4. The molecule has 2 aromatic rings. The number of fused-ring (bicyclic) bond motifs is 1. The Balaban J connectivity index is 1.61. The third kappa shape index (κ3) is 2.96. The van der Waals surface area contributed by atoms with Crippen molar-refractivity contribution in [2.75, 3.05) is 19.6 Å². The van der Waals surface area contributed by atoms with Crippen molar-refractivity contribution in [3.63, 3.8) is 0 Å². The van der Waals surface area contributed by atoms with Gasteiger partial charge >= 0.3 is 5.97 Å². The molecule has 22 heavy (non-hydrogen) atoms. The maximum absolute atomic E-state index is 12.3. The van der Waals surface area contributed by atoms with Crippen LogP contribution in [0.5, 0.6) is 0 Å².